The number of aliphatic hydroxyl groups is 3. The predicted octanol–water partition coefficient (Wildman–Crippen LogP) is 8.88. The Bertz CT molecular complexity index is 1180. The number of hydrogen-bond acceptors (Lipinski definition) is 11. The van der Waals surface area contributed by atoms with E-state index in [1.54, 1.807) is 6.08 Å². The first-order chi connectivity index (χ1) is 28.2. The summed E-state index contributed by atoms with van der Waals surface area (Å²) in [5.41, 5.74) is 0. The summed E-state index contributed by atoms with van der Waals surface area (Å²) in [4.78, 5) is 37.8. The Kier molecular flexibility index (Phi) is 31.9. The topological polar surface area (TPSA) is 172 Å². The van der Waals surface area contributed by atoms with Crippen molar-refractivity contribution in [3.8, 4) is 0 Å². The Morgan fingerprint density at radius 1 is 0.746 bits per heavy atom. The van der Waals surface area contributed by atoms with Crippen LogP contribution in [0.25, 0.3) is 0 Å². The molecule has 0 amide bonds. The molecule has 1 aliphatic carbocycles. The molecule has 7 atom stereocenters. The van der Waals surface area contributed by atoms with Gasteiger partial charge in [0.2, 0.25) is 0 Å². The van der Waals surface area contributed by atoms with E-state index in [0.29, 0.717) is 43.1 Å². The molecular formula is C46H86NO11P. The van der Waals surface area contributed by atoms with Crippen molar-refractivity contribution in [3.63, 3.8) is 0 Å². The lowest BCUT2D eigenvalue weighted by Crippen LogP contribution is -2.37. The van der Waals surface area contributed by atoms with Gasteiger partial charge in [-0.2, -0.15) is 0 Å². The molecule has 0 aromatic heterocycles. The van der Waals surface area contributed by atoms with Crippen LogP contribution in [0.1, 0.15) is 174 Å². The highest BCUT2D eigenvalue weighted by Gasteiger charge is 2.39. The Labute approximate surface area is 358 Å². The van der Waals surface area contributed by atoms with E-state index in [-0.39, 0.29) is 44.3 Å². The lowest BCUT2D eigenvalue weighted by Gasteiger charge is -2.28. The lowest BCUT2D eigenvalue weighted by molar-refractivity contribution is -0.870. The fourth-order valence-electron chi connectivity index (χ4n) is 7.30. The number of hydrogen-bond donors (Lipinski definition) is 3. The highest BCUT2D eigenvalue weighted by molar-refractivity contribution is 7.45. The average Bonchev–Trinajstić information content (AvgIpc) is 3.44. The van der Waals surface area contributed by atoms with Gasteiger partial charge in [0, 0.05) is 25.2 Å². The number of phosphoric acid groups is 1. The molecule has 346 valence electrons. The van der Waals surface area contributed by atoms with Gasteiger partial charge in [0.05, 0.1) is 46.1 Å². The number of quaternary nitrogens is 1. The molecule has 0 heterocycles. The number of esters is 2. The standard InChI is InChI=1S/C46H86NO11P/c1-6-8-10-11-12-13-14-15-16-17-18-19-20-21-26-30-45(51)55-37-40(38-57-59(53,54)56-35-34-47(3,4)5)58-46(52)31-27-23-22-25-29-41-42(44(50)36-43(41)49)33-32-39(48)28-24-9-7-2/h22,25,32-33,39-44,48-50H,6-21,23-24,26-31,34-38H2,1-5H3/b25-22-,33-32+/t39-,40+,41-,42+,43-,44+/m0/s1. The van der Waals surface area contributed by atoms with Crippen LogP contribution in [0.4, 0.5) is 0 Å². The van der Waals surface area contributed by atoms with E-state index in [0.717, 1.165) is 38.5 Å². The second-order valence-corrected chi connectivity index (χ2v) is 19.2. The van der Waals surface area contributed by atoms with Crippen LogP contribution in [0, 0.1) is 11.8 Å². The Morgan fingerprint density at radius 3 is 1.90 bits per heavy atom. The van der Waals surface area contributed by atoms with Gasteiger partial charge in [-0.05, 0) is 38.0 Å². The Hall–Kier alpha value is -1.63. The van der Waals surface area contributed by atoms with Crippen LogP contribution in [0.5, 0.6) is 0 Å². The van der Waals surface area contributed by atoms with Crippen LogP contribution < -0.4 is 4.89 Å². The molecule has 0 saturated heterocycles. The number of aliphatic hydroxyl groups excluding tert-OH is 3. The van der Waals surface area contributed by atoms with Gasteiger partial charge in [0.25, 0.3) is 7.82 Å². The molecule has 3 N–H and O–H groups in total. The minimum Gasteiger partial charge on any atom is -0.756 e. The molecule has 0 radical (unpaired) electrons. The first-order valence-corrected chi connectivity index (χ1v) is 24.8. The molecular weight excluding hydrogens is 773 g/mol. The van der Waals surface area contributed by atoms with Crippen molar-refractivity contribution in [2.75, 3.05) is 47.5 Å². The summed E-state index contributed by atoms with van der Waals surface area (Å²) < 4.78 is 33.9. The van der Waals surface area contributed by atoms with Crippen LogP contribution in [0.3, 0.4) is 0 Å². The molecule has 59 heavy (non-hydrogen) atoms. The van der Waals surface area contributed by atoms with E-state index < -0.39 is 50.8 Å². The molecule has 0 aromatic carbocycles. The first-order valence-electron chi connectivity index (χ1n) is 23.3. The van der Waals surface area contributed by atoms with Crippen molar-refractivity contribution in [2.45, 2.75) is 199 Å². The van der Waals surface area contributed by atoms with Gasteiger partial charge in [-0.25, -0.2) is 0 Å². The third kappa shape index (κ3) is 31.0. The number of carbonyl (C=O) groups is 2. The van der Waals surface area contributed by atoms with E-state index in [1.165, 1.54) is 70.6 Å². The Balaban J connectivity index is 2.49. The summed E-state index contributed by atoms with van der Waals surface area (Å²) in [6.07, 6.45) is 28.7. The predicted molar refractivity (Wildman–Crippen MR) is 233 cm³/mol. The maximum absolute atomic E-state index is 12.8. The third-order valence-electron chi connectivity index (χ3n) is 11.0. The maximum atomic E-state index is 12.8. The number of carbonyl (C=O) groups excluding carboxylic acids is 2. The summed E-state index contributed by atoms with van der Waals surface area (Å²) in [7, 11) is 1.02. The van der Waals surface area contributed by atoms with Gasteiger partial charge in [-0.15, -0.1) is 0 Å². The van der Waals surface area contributed by atoms with Crippen LogP contribution >= 0.6 is 7.82 Å². The second kappa shape index (κ2) is 33.9. The summed E-state index contributed by atoms with van der Waals surface area (Å²) >= 11 is 0. The second-order valence-electron chi connectivity index (χ2n) is 17.7. The van der Waals surface area contributed by atoms with Gasteiger partial charge in [0.15, 0.2) is 6.10 Å². The summed E-state index contributed by atoms with van der Waals surface area (Å²) in [5, 5.41) is 31.4. The fourth-order valence-corrected chi connectivity index (χ4v) is 8.02. The number of allylic oxidation sites excluding steroid dienone is 2. The SMILES string of the molecule is CCCCCCCCCCCCCCCCCC(=O)OC[C@H](COP(=O)([O-])OCC[N+](C)(C)C)OC(=O)CCC/C=C\C[C@H]1[C@@H](/C=C/[C@@H](O)CCCCC)[C@H](O)C[C@@H]1O. The molecule has 0 aliphatic heterocycles. The minimum atomic E-state index is -4.69. The van der Waals surface area contributed by atoms with Crippen LogP contribution in [0.2, 0.25) is 0 Å². The van der Waals surface area contributed by atoms with Crippen LogP contribution in [-0.4, -0.2) is 104 Å². The van der Waals surface area contributed by atoms with Gasteiger partial charge in [-0.3, -0.25) is 14.2 Å². The number of likely N-dealkylation sites (N-methyl/N-ethyl adjacent to an activating group) is 1. The van der Waals surface area contributed by atoms with Gasteiger partial charge < -0.3 is 43.2 Å². The van der Waals surface area contributed by atoms with Crippen molar-refractivity contribution in [3.05, 3.63) is 24.3 Å². The van der Waals surface area contributed by atoms with Crippen molar-refractivity contribution in [2.24, 2.45) is 11.8 Å². The number of rotatable bonds is 38. The molecule has 1 rings (SSSR count). The Morgan fingerprint density at radius 2 is 1.31 bits per heavy atom. The largest absolute Gasteiger partial charge is 0.756 e. The van der Waals surface area contributed by atoms with Gasteiger partial charge in [-0.1, -0.05) is 147 Å². The molecule has 0 aromatic rings. The van der Waals surface area contributed by atoms with E-state index in [9.17, 15) is 34.4 Å². The zero-order chi connectivity index (χ0) is 43.8. The lowest BCUT2D eigenvalue weighted by atomic mass is 9.89. The monoisotopic (exact) mass is 860 g/mol. The molecule has 1 aliphatic rings. The van der Waals surface area contributed by atoms with Crippen molar-refractivity contribution in [1.82, 2.24) is 0 Å². The van der Waals surface area contributed by atoms with Crippen LogP contribution in [-0.2, 0) is 32.7 Å². The quantitative estimate of drug-likeness (QED) is 0.0178. The first kappa shape index (κ1) is 55.4. The third-order valence-corrected chi connectivity index (χ3v) is 12.0. The van der Waals surface area contributed by atoms with Crippen molar-refractivity contribution < 1.29 is 57.4 Å². The summed E-state index contributed by atoms with van der Waals surface area (Å²) in [6.45, 7) is 3.86. The average molecular weight is 860 g/mol. The van der Waals surface area contributed by atoms with Crippen molar-refractivity contribution >= 4 is 19.8 Å². The molecule has 0 spiro atoms. The smallest absolute Gasteiger partial charge is 0.306 e. The molecule has 1 fully saturated rings. The summed E-state index contributed by atoms with van der Waals surface area (Å²) in [5.74, 6) is -1.44. The van der Waals surface area contributed by atoms with Crippen molar-refractivity contribution in [1.29, 1.82) is 0 Å². The molecule has 12 nitrogen and oxygen atoms in total. The molecule has 0 bridgehead atoms. The zero-order valence-corrected chi connectivity index (χ0v) is 38.7. The van der Waals surface area contributed by atoms with E-state index in [2.05, 4.69) is 13.8 Å². The van der Waals surface area contributed by atoms with E-state index in [4.69, 9.17) is 18.5 Å². The molecule has 1 saturated carbocycles. The normalized spacial score (nSPS) is 20.6. The molecule has 1 unspecified atom stereocenters. The number of phosphoric ester groups is 1. The highest BCUT2D eigenvalue weighted by Crippen LogP contribution is 2.38. The molecule has 13 heteroatoms. The summed E-state index contributed by atoms with van der Waals surface area (Å²) in [6, 6.07) is 0. The van der Waals surface area contributed by atoms with Crippen LogP contribution in [0.15, 0.2) is 24.3 Å². The van der Waals surface area contributed by atoms with E-state index in [1.807, 2.05) is 39.4 Å². The fraction of sp³-hybridized carbons (Fsp3) is 0.870. The number of ether oxygens (including phenoxy) is 2. The minimum absolute atomic E-state index is 0.0506. The zero-order valence-electron chi connectivity index (χ0n) is 37.8. The number of nitrogens with zero attached hydrogens (tertiary/aromatic N) is 1. The van der Waals surface area contributed by atoms with Gasteiger partial charge >= 0.3 is 11.9 Å². The van der Waals surface area contributed by atoms with E-state index >= 15 is 0 Å². The number of unbranched alkanes of at least 4 members (excludes halogenated alkanes) is 17. The maximum Gasteiger partial charge on any atom is 0.306 e. The highest BCUT2D eigenvalue weighted by atomic mass is 31.2. The van der Waals surface area contributed by atoms with Gasteiger partial charge in [0.1, 0.15) is 19.8 Å².